The smallest absolute Gasteiger partial charge is 0.316 e. The Labute approximate surface area is 145 Å². The molecule has 6 nitrogen and oxygen atoms in total. The summed E-state index contributed by atoms with van der Waals surface area (Å²) in [6.45, 7) is 5.38. The Morgan fingerprint density at radius 2 is 1.71 bits per heavy atom. The summed E-state index contributed by atoms with van der Waals surface area (Å²) in [5.74, 6) is -0.803. The van der Waals surface area contributed by atoms with Gasteiger partial charge in [-0.3, -0.25) is 9.59 Å². The molecule has 1 heterocycles. The number of amides is 1. The number of nitrogens with zero attached hydrogens (tertiary/aromatic N) is 2. The van der Waals surface area contributed by atoms with E-state index in [2.05, 4.69) is 15.3 Å². The average molecular weight is 345 g/mol. The summed E-state index contributed by atoms with van der Waals surface area (Å²) in [5.41, 5.74) is 3.46. The third kappa shape index (κ3) is 6.00. The Balaban J connectivity index is 1.74. The number of rotatable bonds is 6. The zero-order valence-corrected chi connectivity index (χ0v) is 14.6. The van der Waals surface area contributed by atoms with Gasteiger partial charge in [-0.2, -0.15) is 0 Å². The number of nitrogens with one attached hydrogen (secondary N) is 1. The molecule has 0 saturated carbocycles. The van der Waals surface area contributed by atoms with Gasteiger partial charge in [0.2, 0.25) is 0 Å². The van der Waals surface area contributed by atoms with Gasteiger partial charge in [0, 0.05) is 17.1 Å². The van der Waals surface area contributed by atoms with Gasteiger partial charge in [-0.1, -0.05) is 29.5 Å². The van der Waals surface area contributed by atoms with Crippen LogP contribution in [-0.4, -0.2) is 34.2 Å². The number of aromatic nitrogens is 2. The van der Waals surface area contributed by atoms with E-state index in [4.69, 9.17) is 4.74 Å². The molecule has 1 amide bonds. The lowest BCUT2D eigenvalue weighted by Gasteiger charge is -2.07. The lowest BCUT2D eigenvalue weighted by Crippen LogP contribution is -2.21. The molecule has 2 aromatic rings. The molecule has 0 atom stereocenters. The first-order chi connectivity index (χ1) is 11.4. The third-order valence-corrected chi connectivity index (χ3v) is 3.80. The maximum atomic E-state index is 11.7. The average Bonchev–Trinajstić information content (AvgIpc) is 2.52. The molecule has 7 heteroatoms. The number of esters is 1. The minimum atomic E-state index is -0.484. The van der Waals surface area contributed by atoms with Crippen molar-refractivity contribution < 1.29 is 14.3 Å². The highest BCUT2D eigenvalue weighted by molar-refractivity contribution is 7.99. The Bertz CT molecular complexity index is 712. The molecule has 0 unspecified atom stereocenters. The lowest BCUT2D eigenvalue weighted by atomic mass is 10.2. The van der Waals surface area contributed by atoms with E-state index in [9.17, 15) is 9.59 Å². The van der Waals surface area contributed by atoms with Crippen LogP contribution in [0.2, 0.25) is 0 Å². The highest BCUT2D eigenvalue weighted by Gasteiger charge is 2.10. The van der Waals surface area contributed by atoms with Crippen LogP contribution in [0.5, 0.6) is 0 Å². The van der Waals surface area contributed by atoms with Gasteiger partial charge in [-0.25, -0.2) is 9.97 Å². The fourth-order valence-corrected chi connectivity index (χ4v) is 2.65. The summed E-state index contributed by atoms with van der Waals surface area (Å²) in [7, 11) is 0. The quantitative estimate of drug-likeness (QED) is 0.492. The van der Waals surface area contributed by atoms with Gasteiger partial charge >= 0.3 is 5.97 Å². The molecule has 2 rings (SSSR count). The molecule has 1 N–H and O–H groups in total. The van der Waals surface area contributed by atoms with Gasteiger partial charge < -0.3 is 10.1 Å². The van der Waals surface area contributed by atoms with Gasteiger partial charge in [0.15, 0.2) is 11.8 Å². The lowest BCUT2D eigenvalue weighted by molar-refractivity contribution is -0.144. The van der Waals surface area contributed by atoms with E-state index in [0.29, 0.717) is 10.8 Å². The molecule has 0 bridgehead atoms. The summed E-state index contributed by atoms with van der Waals surface area (Å²) in [5, 5.41) is 3.19. The van der Waals surface area contributed by atoms with Crippen LogP contribution in [0, 0.1) is 20.8 Å². The van der Waals surface area contributed by atoms with E-state index >= 15 is 0 Å². The Morgan fingerprint density at radius 1 is 1.08 bits per heavy atom. The van der Waals surface area contributed by atoms with Crippen molar-refractivity contribution in [3.8, 4) is 0 Å². The highest BCUT2D eigenvalue weighted by atomic mass is 32.2. The van der Waals surface area contributed by atoms with E-state index < -0.39 is 5.97 Å². The molecule has 0 aliphatic heterocycles. The molecule has 1 aromatic carbocycles. The fraction of sp³-hybridized carbons (Fsp3) is 0.294. The number of carbonyl (C=O) groups excluding carboxylic acids is 2. The van der Waals surface area contributed by atoms with E-state index in [-0.39, 0.29) is 18.3 Å². The highest BCUT2D eigenvalue weighted by Crippen LogP contribution is 2.14. The van der Waals surface area contributed by atoms with Crippen molar-refractivity contribution in [3.63, 3.8) is 0 Å². The summed E-state index contributed by atoms with van der Waals surface area (Å²) < 4.78 is 4.95. The van der Waals surface area contributed by atoms with Crippen molar-refractivity contribution in [2.45, 2.75) is 25.9 Å². The first-order valence-electron chi connectivity index (χ1n) is 7.39. The topological polar surface area (TPSA) is 81.2 Å². The number of aryl methyl sites for hydroxylation is 3. The summed E-state index contributed by atoms with van der Waals surface area (Å²) in [4.78, 5) is 31.9. The fourth-order valence-electron chi connectivity index (χ4n) is 1.90. The van der Waals surface area contributed by atoms with Crippen LogP contribution in [0.15, 0.2) is 35.5 Å². The molecule has 24 heavy (non-hydrogen) atoms. The van der Waals surface area contributed by atoms with Crippen LogP contribution in [0.3, 0.4) is 0 Å². The van der Waals surface area contributed by atoms with Gasteiger partial charge in [-0.15, -0.1) is 0 Å². The van der Waals surface area contributed by atoms with Crippen LogP contribution >= 0.6 is 11.8 Å². The molecule has 1 aromatic heterocycles. The van der Waals surface area contributed by atoms with E-state index in [0.717, 1.165) is 17.0 Å². The number of hydrogen-bond acceptors (Lipinski definition) is 6. The first kappa shape index (κ1) is 17.9. The monoisotopic (exact) mass is 345 g/mol. The molecule has 0 aliphatic rings. The summed E-state index contributed by atoms with van der Waals surface area (Å²) in [6, 6.07) is 9.23. The van der Waals surface area contributed by atoms with Gasteiger partial charge in [0.25, 0.3) is 5.91 Å². The normalized spacial score (nSPS) is 10.3. The molecule has 0 fully saturated rings. The molecular formula is C17H19N3O3S. The summed E-state index contributed by atoms with van der Waals surface area (Å²) >= 11 is 1.19. The van der Waals surface area contributed by atoms with Crippen molar-refractivity contribution in [1.82, 2.24) is 9.97 Å². The van der Waals surface area contributed by atoms with Gasteiger partial charge in [0.05, 0.1) is 5.75 Å². The minimum absolute atomic E-state index is 0.0563. The van der Waals surface area contributed by atoms with E-state index in [1.54, 1.807) is 12.1 Å². The first-order valence-corrected chi connectivity index (χ1v) is 8.38. The van der Waals surface area contributed by atoms with Gasteiger partial charge in [0.1, 0.15) is 0 Å². The number of hydrogen-bond donors (Lipinski definition) is 1. The molecule has 126 valence electrons. The van der Waals surface area contributed by atoms with E-state index in [1.807, 2.05) is 39.0 Å². The van der Waals surface area contributed by atoms with Crippen LogP contribution < -0.4 is 5.32 Å². The van der Waals surface area contributed by atoms with Gasteiger partial charge in [-0.05, 0) is 39.0 Å². The van der Waals surface area contributed by atoms with Crippen LogP contribution in [-0.2, 0) is 14.3 Å². The predicted octanol–water partition coefficient (Wildman–Crippen LogP) is 2.68. The second kappa shape index (κ2) is 8.44. The zero-order valence-electron chi connectivity index (χ0n) is 13.8. The van der Waals surface area contributed by atoms with Crippen LogP contribution in [0.25, 0.3) is 0 Å². The largest absolute Gasteiger partial charge is 0.455 e. The Hall–Kier alpha value is -2.41. The second-order valence-electron chi connectivity index (χ2n) is 5.30. The summed E-state index contributed by atoms with van der Waals surface area (Å²) in [6.07, 6.45) is 0. The number of ether oxygens (including phenoxy) is 1. The van der Waals surface area contributed by atoms with Crippen LogP contribution in [0.4, 0.5) is 5.69 Å². The third-order valence-electron chi connectivity index (χ3n) is 2.98. The zero-order chi connectivity index (χ0) is 17.5. The predicted molar refractivity (Wildman–Crippen MR) is 93.0 cm³/mol. The van der Waals surface area contributed by atoms with Crippen molar-refractivity contribution in [3.05, 3.63) is 47.3 Å². The maximum absolute atomic E-state index is 11.7. The number of thioether (sulfide) groups is 1. The molecule has 0 radical (unpaired) electrons. The molecule has 0 aliphatic carbocycles. The van der Waals surface area contributed by atoms with E-state index in [1.165, 1.54) is 11.8 Å². The minimum Gasteiger partial charge on any atom is -0.455 e. The Kier molecular flexibility index (Phi) is 6.31. The Morgan fingerprint density at radius 3 is 2.33 bits per heavy atom. The standard InChI is InChI=1S/C17H19N3O3S/c1-11-4-6-14(7-5-11)20-15(21)9-23-16(22)10-24-17-18-12(2)8-13(3)19-17/h4-8H,9-10H2,1-3H3,(H,20,21). The molecular weight excluding hydrogens is 326 g/mol. The van der Waals surface area contributed by atoms with Crippen molar-refractivity contribution in [2.24, 2.45) is 0 Å². The SMILES string of the molecule is Cc1ccc(NC(=O)COC(=O)CSc2nc(C)cc(C)n2)cc1. The molecule has 0 saturated heterocycles. The van der Waals surface area contributed by atoms with Crippen LogP contribution in [0.1, 0.15) is 17.0 Å². The number of benzene rings is 1. The maximum Gasteiger partial charge on any atom is 0.316 e. The van der Waals surface area contributed by atoms with Crippen molar-refractivity contribution in [2.75, 3.05) is 17.7 Å². The van der Waals surface area contributed by atoms with Crippen molar-refractivity contribution >= 4 is 29.3 Å². The van der Waals surface area contributed by atoms with Crippen molar-refractivity contribution in [1.29, 1.82) is 0 Å². The molecule has 0 spiro atoms. The second-order valence-corrected chi connectivity index (χ2v) is 6.24. The number of carbonyl (C=O) groups is 2. The number of anilines is 1.